The maximum atomic E-state index is 13.7. The van der Waals surface area contributed by atoms with Crippen molar-refractivity contribution in [3.63, 3.8) is 0 Å². The van der Waals surface area contributed by atoms with E-state index in [2.05, 4.69) is 10.3 Å². The first kappa shape index (κ1) is 18.8. The summed E-state index contributed by atoms with van der Waals surface area (Å²) >= 11 is 1.39. The number of rotatable bonds is 6. The number of para-hydroxylation sites is 1. The molecule has 4 rings (SSSR count). The van der Waals surface area contributed by atoms with Crippen LogP contribution in [0.1, 0.15) is 17.5 Å². The Labute approximate surface area is 172 Å². The van der Waals surface area contributed by atoms with Gasteiger partial charge in [0, 0.05) is 6.42 Å². The fraction of sp³-hybridized carbons (Fsp3) is 0.0870. The zero-order valence-corrected chi connectivity index (χ0v) is 16.4. The van der Waals surface area contributed by atoms with Gasteiger partial charge >= 0.3 is 0 Å². The van der Waals surface area contributed by atoms with E-state index in [9.17, 15) is 9.59 Å². The van der Waals surface area contributed by atoms with Crippen LogP contribution >= 0.6 is 11.3 Å². The average molecular weight is 401 g/mol. The van der Waals surface area contributed by atoms with Crippen molar-refractivity contribution in [1.29, 1.82) is 0 Å². The second-order valence-electron chi connectivity index (χ2n) is 6.72. The molecule has 0 atom stereocenters. The van der Waals surface area contributed by atoms with Crippen molar-refractivity contribution in [3.8, 4) is 0 Å². The highest BCUT2D eigenvalue weighted by molar-refractivity contribution is 7.22. The van der Waals surface area contributed by atoms with Gasteiger partial charge < -0.3 is 11.1 Å². The van der Waals surface area contributed by atoms with E-state index in [1.54, 1.807) is 0 Å². The van der Waals surface area contributed by atoms with Crippen LogP contribution in [0.2, 0.25) is 0 Å². The van der Waals surface area contributed by atoms with Crippen molar-refractivity contribution in [1.82, 2.24) is 4.98 Å². The molecule has 1 heterocycles. The van der Waals surface area contributed by atoms with Crippen LogP contribution in [0.5, 0.6) is 0 Å². The smallest absolute Gasteiger partial charge is 0.241 e. The Bertz CT molecular complexity index is 1080. The highest BCUT2D eigenvalue weighted by Gasteiger charge is 2.43. The van der Waals surface area contributed by atoms with E-state index < -0.39 is 11.3 Å². The number of nitrogens with zero attached hydrogens (tertiary/aromatic N) is 1. The summed E-state index contributed by atoms with van der Waals surface area (Å²) in [6.45, 7) is 0. The molecular formula is C23H19N3O2S. The van der Waals surface area contributed by atoms with Crippen LogP contribution in [0.25, 0.3) is 10.2 Å². The molecule has 0 aliphatic rings. The fourth-order valence-electron chi connectivity index (χ4n) is 3.55. The molecule has 0 aliphatic heterocycles. The van der Waals surface area contributed by atoms with Gasteiger partial charge in [0.05, 0.1) is 10.2 Å². The monoisotopic (exact) mass is 401 g/mol. The molecule has 0 spiro atoms. The van der Waals surface area contributed by atoms with Crippen LogP contribution in [0.15, 0.2) is 84.9 Å². The summed E-state index contributed by atoms with van der Waals surface area (Å²) < 4.78 is 0.975. The van der Waals surface area contributed by atoms with Crippen LogP contribution in [0.3, 0.4) is 0 Å². The number of aromatic nitrogens is 1. The number of hydrogen-bond acceptors (Lipinski definition) is 4. The third-order valence-corrected chi connectivity index (χ3v) is 5.83. The second kappa shape index (κ2) is 7.85. The summed E-state index contributed by atoms with van der Waals surface area (Å²) in [5.41, 5.74) is 6.56. The molecule has 144 valence electrons. The molecule has 0 saturated heterocycles. The Kier molecular flexibility index (Phi) is 5.10. The van der Waals surface area contributed by atoms with Gasteiger partial charge in [0.25, 0.3) is 0 Å². The molecule has 6 heteroatoms. The van der Waals surface area contributed by atoms with Crippen molar-refractivity contribution in [2.75, 3.05) is 5.32 Å². The van der Waals surface area contributed by atoms with Crippen molar-refractivity contribution in [2.45, 2.75) is 11.8 Å². The summed E-state index contributed by atoms with van der Waals surface area (Å²) in [7, 11) is 0. The molecule has 29 heavy (non-hydrogen) atoms. The lowest BCUT2D eigenvalue weighted by Crippen LogP contribution is -2.44. The summed E-state index contributed by atoms with van der Waals surface area (Å²) in [6.07, 6.45) is -0.155. The Morgan fingerprint density at radius 1 is 0.862 bits per heavy atom. The lowest BCUT2D eigenvalue weighted by Gasteiger charge is -2.32. The molecule has 5 nitrogen and oxygen atoms in total. The van der Waals surface area contributed by atoms with Gasteiger partial charge in [-0.3, -0.25) is 9.59 Å². The first-order valence-corrected chi connectivity index (χ1v) is 9.97. The average Bonchev–Trinajstić information content (AvgIpc) is 3.15. The number of nitrogens with one attached hydrogen (secondary N) is 1. The maximum Gasteiger partial charge on any atom is 0.241 e. The zero-order valence-electron chi connectivity index (χ0n) is 15.5. The number of fused-ring (bicyclic) bond motifs is 1. The van der Waals surface area contributed by atoms with E-state index in [0.717, 1.165) is 10.2 Å². The molecule has 2 amide bonds. The molecule has 0 unspecified atom stereocenters. The molecule has 0 saturated carbocycles. The SMILES string of the molecule is NC(=O)CC(C(=O)Nc1nc2ccccc2s1)(c1ccccc1)c1ccccc1. The van der Waals surface area contributed by atoms with Gasteiger partial charge in [-0.15, -0.1) is 0 Å². The van der Waals surface area contributed by atoms with Gasteiger partial charge in [-0.25, -0.2) is 4.98 Å². The van der Waals surface area contributed by atoms with Gasteiger partial charge in [-0.1, -0.05) is 84.1 Å². The van der Waals surface area contributed by atoms with E-state index in [1.807, 2.05) is 84.9 Å². The van der Waals surface area contributed by atoms with E-state index in [-0.39, 0.29) is 12.3 Å². The van der Waals surface area contributed by atoms with Gasteiger partial charge in [0.15, 0.2) is 5.13 Å². The van der Waals surface area contributed by atoms with Crippen molar-refractivity contribution >= 4 is 38.5 Å². The molecule has 3 N–H and O–H groups in total. The van der Waals surface area contributed by atoms with Crippen LogP contribution in [0.4, 0.5) is 5.13 Å². The minimum atomic E-state index is -1.26. The first-order valence-electron chi connectivity index (χ1n) is 9.16. The van der Waals surface area contributed by atoms with Crippen LogP contribution in [-0.2, 0) is 15.0 Å². The quantitative estimate of drug-likeness (QED) is 0.510. The predicted molar refractivity (Wildman–Crippen MR) is 116 cm³/mol. The third kappa shape index (κ3) is 3.62. The highest BCUT2D eigenvalue weighted by atomic mass is 32.1. The first-order chi connectivity index (χ1) is 14.1. The van der Waals surface area contributed by atoms with Crippen LogP contribution < -0.4 is 11.1 Å². The molecule has 1 aromatic heterocycles. The largest absolute Gasteiger partial charge is 0.370 e. The van der Waals surface area contributed by atoms with Crippen molar-refractivity contribution < 1.29 is 9.59 Å². The molecule has 4 aromatic rings. The number of anilines is 1. The van der Waals surface area contributed by atoms with E-state index in [1.165, 1.54) is 11.3 Å². The number of benzene rings is 3. The lowest BCUT2D eigenvalue weighted by molar-refractivity contribution is -0.126. The van der Waals surface area contributed by atoms with E-state index >= 15 is 0 Å². The summed E-state index contributed by atoms with van der Waals surface area (Å²) in [6, 6.07) is 26.2. The molecule has 0 fully saturated rings. The molecule has 0 bridgehead atoms. The zero-order chi connectivity index (χ0) is 20.3. The number of carbonyl (C=O) groups is 2. The number of hydrogen-bond donors (Lipinski definition) is 2. The summed E-state index contributed by atoms with van der Waals surface area (Å²) in [4.78, 5) is 30.3. The summed E-state index contributed by atoms with van der Waals surface area (Å²) in [5.74, 6) is -0.898. The summed E-state index contributed by atoms with van der Waals surface area (Å²) in [5, 5.41) is 3.42. The maximum absolute atomic E-state index is 13.7. The second-order valence-corrected chi connectivity index (χ2v) is 7.75. The Morgan fingerprint density at radius 3 is 1.97 bits per heavy atom. The van der Waals surface area contributed by atoms with Crippen molar-refractivity contribution in [3.05, 3.63) is 96.1 Å². The Morgan fingerprint density at radius 2 is 1.41 bits per heavy atom. The minimum Gasteiger partial charge on any atom is -0.370 e. The molecule has 0 radical (unpaired) electrons. The van der Waals surface area contributed by atoms with E-state index in [0.29, 0.717) is 16.3 Å². The fourth-order valence-corrected chi connectivity index (χ4v) is 4.41. The number of carbonyl (C=O) groups excluding carboxylic acids is 2. The van der Waals surface area contributed by atoms with Crippen molar-refractivity contribution in [2.24, 2.45) is 5.73 Å². The van der Waals surface area contributed by atoms with Gasteiger partial charge in [0.2, 0.25) is 11.8 Å². The molecule has 3 aromatic carbocycles. The minimum absolute atomic E-state index is 0.155. The topological polar surface area (TPSA) is 85.1 Å². The van der Waals surface area contributed by atoms with Gasteiger partial charge in [0.1, 0.15) is 5.41 Å². The number of thiazole rings is 1. The number of nitrogens with two attached hydrogens (primary N) is 1. The molecule has 0 aliphatic carbocycles. The van der Waals surface area contributed by atoms with Gasteiger partial charge in [-0.2, -0.15) is 0 Å². The van der Waals surface area contributed by atoms with Crippen LogP contribution in [-0.4, -0.2) is 16.8 Å². The lowest BCUT2D eigenvalue weighted by atomic mass is 9.71. The van der Waals surface area contributed by atoms with Gasteiger partial charge in [-0.05, 0) is 23.3 Å². The Balaban J connectivity index is 1.84. The number of amides is 2. The third-order valence-electron chi connectivity index (χ3n) is 4.87. The molecular weight excluding hydrogens is 382 g/mol. The Hall–Kier alpha value is -3.51. The number of primary amides is 1. The highest BCUT2D eigenvalue weighted by Crippen LogP contribution is 2.38. The predicted octanol–water partition coefficient (Wildman–Crippen LogP) is 4.10. The standard InChI is InChI=1S/C23H19N3O2S/c24-20(27)15-23(16-9-3-1-4-10-16,17-11-5-2-6-12-17)21(28)26-22-25-18-13-7-8-14-19(18)29-22/h1-14H,15H2,(H2,24,27)(H,25,26,28). The van der Waals surface area contributed by atoms with Crippen LogP contribution in [0, 0.1) is 0 Å². The van der Waals surface area contributed by atoms with E-state index in [4.69, 9.17) is 5.73 Å². The normalized spacial score (nSPS) is 11.3.